The summed E-state index contributed by atoms with van der Waals surface area (Å²) < 4.78 is 11.0. The van der Waals surface area contributed by atoms with Crippen LogP contribution >= 0.6 is 11.6 Å². The van der Waals surface area contributed by atoms with Crippen molar-refractivity contribution in [1.82, 2.24) is 0 Å². The van der Waals surface area contributed by atoms with E-state index in [1.54, 1.807) is 25.3 Å². The fourth-order valence-corrected chi connectivity index (χ4v) is 2.55. The molecule has 2 aromatic rings. The van der Waals surface area contributed by atoms with Gasteiger partial charge in [0.25, 0.3) is 0 Å². The summed E-state index contributed by atoms with van der Waals surface area (Å²) in [4.78, 5) is 11.8. The molecule has 3 nitrogen and oxygen atoms in total. The predicted octanol–water partition coefficient (Wildman–Crippen LogP) is 3.70. The average molecular weight is 275 g/mol. The molecule has 1 atom stereocenters. The minimum absolute atomic E-state index is 0.426. The second-order valence-corrected chi connectivity index (χ2v) is 4.65. The summed E-state index contributed by atoms with van der Waals surface area (Å²) in [6.45, 7) is 0. The number of hydrogen-bond donors (Lipinski definition) is 0. The van der Waals surface area contributed by atoms with E-state index in [-0.39, 0.29) is 0 Å². The minimum Gasteiger partial charge on any atom is -0.497 e. The highest BCUT2D eigenvalue weighted by Crippen LogP contribution is 2.45. The van der Waals surface area contributed by atoms with E-state index < -0.39 is 11.2 Å². The molecule has 2 aromatic carbocycles. The molecule has 0 bridgehead atoms. The highest BCUT2D eigenvalue weighted by Gasteiger charge is 2.31. The normalized spacial score (nSPS) is 16.0. The molecule has 1 aliphatic rings. The lowest BCUT2D eigenvalue weighted by atomic mass is 9.89. The molecular weight excluding hydrogens is 264 g/mol. The number of para-hydroxylation sites is 1. The van der Waals surface area contributed by atoms with Crippen molar-refractivity contribution < 1.29 is 14.3 Å². The summed E-state index contributed by atoms with van der Waals surface area (Å²) in [7, 11) is 1.58. The summed E-state index contributed by atoms with van der Waals surface area (Å²) in [6, 6.07) is 12.8. The third kappa shape index (κ3) is 1.96. The van der Waals surface area contributed by atoms with Gasteiger partial charge in [-0.15, -0.1) is 0 Å². The molecule has 0 amide bonds. The summed E-state index contributed by atoms with van der Waals surface area (Å²) >= 11 is 5.77. The monoisotopic (exact) mass is 274 g/mol. The molecule has 0 aliphatic carbocycles. The quantitative estimate of drug-likeness (QED) is 0.784. The number of fused-ring (bicyclic) bond motifs is 2. The fraction of sp³-hybridized carbons (Fsp3) is 0.133. The Kier molecular flexibility index (Phi) is 2.91. The average Bonchev–Trinajstić information content (AvgIpc) is 2.43. The Labute approximate surface area is 115 Å². The summed E-state index contributed by atoms with van der Waals surface area (Å²) in [5.74, 6) is 1.46. The standard InChI is InChI=1S/C15H11ClO3/c1-18-9-6-7-13-11(8-9)14(15(16)17)10-4-2-3-5-12(10)19-13/h2-8,14H,1H3/t14-/m0/s1. The van der Waals surface area contributed by atoms with Crippen LogP contribution in [0, 0.1) is 0 Å². The number of halogens is 1. The molecule has 0 saturated heterocycles. The molecule has 0 radical (unpaired) electrons. The highest BCUT2D eigenvalue weighted by atomic mass is 35.5. The molecule has 0 saturated carbocycles. The lowest BCUT2D eigenvalue weighted by Crippen LogP contribution is -2.15. The first kappa shape index (κ1) is 12.1. The van der Waals surface area contributed by atoms with Crippen molar-refractivity contribution in [3.63, 3.8) is 0 Å². The maximum atomic E-state index is 11.8. The molecule has 1 aliphatic heterocycles. The van der Waals surface area contributed by atoms with E-state index in [9.17, 15) is 4.79 Å². The van der Waals surface area contributed by atoms with Crippen LogP contribution in [0.3, 0.4) is 0 Å². The highest BCUT2D eigenvalue weighted by molar-refractivity contribution is 6.65. The van der Waals surface area contributed by atoms with Crippen molar-refractivity contribution in [1.29, 1.82) is 0 Å². The first-order valence-corrected chi connectivity index (χ1v) is 6.22. The SMILES string of the molecule is COc1ccc2c(c1)[C@@H](C(=O)Cl)c1ccccc1O2. The molecule has 0 spiro atoms. The van der Waals surface area contributed by atoms with Crippen molar-refractivity contribution in [3.05, 3.63) is 53.6 Å². The van der Waals surface area contributed by atoms with E-state index in [1.807, 2.05) is 24.3 Å². The van der Waals surface area contributed by atoms with Crippen LogP contribution in [0.1, 0.15) is 17.0 Å². The van der Waals surface area contributed by atoms with Crippen molar-refractivity contribution in [2.24, 2.45) is 0 Å². The van der Waals surface area contributed by atoms with Gasteiger partial charge in [0.15, 0.2) is 0 Å². The predicted molar refractivity (Wildman–Crippen MR) is 72.2 cm³/mol. The Morgan fingerprint density at radius 2 is 1.89 bits per heavy atom. The number of methoxy groups -OCH3 is 1. The zero-order chi connectivity index (χ0) is 13.4. The number of carbonyl (C=O) groups is 1. The maximum absolute atomic E-state index is 11.8. The zero-order valence-electron chi connectivity index (χ0n) is 10.2. The second-order valence-electron chi connectivity index (χ2n) is 4.28. The van der Waals surface area contributed by atoms with E-state index >= 15 is 0 Å². The lowest BCUT2D eigenvalue weighted by molar-refractivity contribution is -0.112. The van der Waals surface area contributed by atoms with Gasteiger partial charge >= 0.3 is 0 Å². The van der Waals surface area contributed by atoms with Gasteiger partial charge < -0.3 is 9.47 Å². The minimum atomic E-state index is -0.517. The molecule has 96 valence electrons. The van der Waals surface area contributed by atoms with E-state index in [4.69, 9.17) is 21.1 Å². The van der Waals surface area contributed by atoms with Gasteiger partial charge in [-0.3, -0.25) is 4.79 Å². The van der Waals surface area contributed by atoms with Crippen molar-refractivity contribution in [2.75, 3.05) is 7.11 Å². The van der Waals surface area contributed by atoms with Gasteiger partial charge in [-0.25, -0.2) is 0 Å². The van der Waals surface area contributed by atoms with Gasteiger partial charge in [-0.2, -0.15) is 0 Å². The van der Waals surface area contributed by atoms with Crippen molar-refractivity contribution >= 4 is 16.8 Å². The molecule has 1 heterocycles. The number of ether oxygens (including phenoxy) is 2. The van der Waals surface area contributed by atoms with E-state index in [2.05, 4.69) is 0 Å². The van der Waals surface area contributed by atoms with Gasteiger partial charge in [-0.05, 0) is 35.9 Å². The van der Waals surface area contributed by atoms with Gasteiger partial charge in [0.05, 0.1) is 13.0 Å². The van der Waals surface area contributed by atoms with E-state index in [1.165, 1.54) is 0 Å². The zero-order valence-corrected chi connectivity index (χ0v) is 11.0. The Balaban J connectivity index is 2.21. The van der Waals surface area contributed by atoms with Gasteiger partial charge in [0.1, 0.15) is 17.2 Å². The lowest BCUT2D eigenvalue weighted by Gasteiger charge is -2.26. The fourth-order valence-electron chi connectivity index (χ4n) is 2.31. The van der Waals surface area contributed by atoms with Crippen LogP contribution in [0.15, 0.2) is 42.5 Å². The van der Waals surface area contributed by atoms with Crippen LogP contribution in [0.2, 0.25) is 0 Å². The number of hydrogen-bond acceptors (Lipinski definition) is 3. The molecule has 0 unspecified atom stereocenters. The Hall–Kier alpha value is -2.00. The number of carbonyl (C=O) groups excluding carboxylic acids is 1. The Morgan fingerprint density at radius 1 is 1.16 bits per heavy atom. The molecule has 0 fully saturated rings. The third-order valence-electron chi connectivity index (χ3n) is 3.20. The van der Waals surface area contributed by atoms with E-state index in [0.717, 1.165) is 11.1 Å². The Bertz CT molecular complexity index is 652. The molecule has 3 rings (SSSR count). The molecule has 4 heteroatoms. The summed E-state index contributed by atoms with van der Waals surface area (Å²) in [5, 5.41) is -0.426. The largest absolute Gasteiger partial charge is 0.497 e. The smallest absolute Gasteiger partial charge is 0.233 e. The number of benzene rings is 2. The number of rotatable bonds is 2. The molecular formula is C15H11ClO3. The van der Waals surface area contributed by atoms with Gasteiger partial charge in [0.2, 0.25) is 5.24 Å². The summed E-state index contributed by atoms with van der Waals surface area (Å²) in [6.07, 6.45) is 0. The Morgan fingerprint density at radius 3 is 2.63 bits per heavy atom. The van der Waals surface area contributed by atoms with Crippen LogP contribution in [0.25, 0.3) is 0 Å². The van der Waals surface area contributed by atoms with Crippen LogP contribution in [0.5, 0.6) is 17.2 Å². The van der Waals surface area contributed by atoms with Gasteiger partial charge in [0, 0.05) is 11.1 Å². The van der Waals surface area contributed by atoms with Gasteiger partial charge in [-0.1, -0.05) is 18.2 Å². The summed E-state index contributed by atoms with van der Waals surface area (Å²) in [5.41, 5.74) is 1.52. The topological polar surface area (TPSA) is 35.5 Å². The van der Waals surface area contributed by atoms with Crippen LogP contribution in [-0.4, -0.2) is 12.4 Å². The van der Waals surface area contributed by atoms with Crippen LogP contribution in [-0.2, 0) is 4.79 Å². The second kappa shape index (κ2) is 4.59. The van der Waals surface area contributed by atoms with Crippen LogP contribution < -0.4 is 9.47 Å². The third-order valence-corrected chi connectivity index (χ3v) is 3.42. The molecule has 0 aromatic heterocycles. The van der Waals surface area contributed by atoms with Crippen LogP contribution in [0.4, 0.5) is 0 Å². The van der Waals surface area contributed by atoms with E-state index in [0.29, 0.717) is 17.2 Å². The first-order valence-electron chi connectivity index (χ1n) is 5.85. The molecule has 19 heavy (non-hydrogen) atoms. The van der Waals surface area contributed by atoms with Crippen molar-refractivity contribution in [2.45, 2.75) is 5.92 Å². The maximum Gasteiger partial charge on any atom is 0.233 e. The molecule has 0 N–H and O–H groups in total. The van der Waals surface area contributed by atoms with Crippen molar-refractivity contribution in [3.8, 4) is 17.2 Å². The first-order chi connectivity index (χ1) is 9.20.